The highest BCUT2D eigenvalue weighted by molar-refractivity contribution is 5.85. The standard InChI is InChI=1S/C18H24N2O4.ClH/c1-23-11-9-19-12-18(22)20(13-15-6-3-2-4-7-15)14-16(21)17-8-5-10-24-17;/h2-8,10,16,19,21H,9,11-14H2,1H3;1H. The van der Waals surface area contributed by atoms with Gasteiger partial charge < -0.3 is 24.5 Å². The molecule has 6 nitrogen and oxygen atoms in total. The first-order valence-electron chi connectivity index (χ1n) is 7.93. The summed E-state index contributed by atoms with van der Waals surface area (Å²) in [5, 5.41) is 13.3. The van der Waals surface area contributed by atoms with Crippen LogP contribution in [0.15, 0.2) is 53.1 Å². The van der Waals surface area contributed by atoms with Crippen molar-refractivity contribution >= 4 is 18.3 Å². The molecule has 0 saturated heterocycles. The van der Waals surface area contributed by atoms with Crippen LogP contribution in [0.5, 0.6) is 0 Å². The zero-order chi connectivity index (χ0) is 17.2. The molecule has 0 fully saturated rings. The molecule has 7 heteroatoms. The number of methoxy groups -OCH3 is 1. The predicted molar refractivity (Wildman–Crippen MR) is 97.5 cm³/mol. The predicted octanol–water partition coefficient (Wildman–Crippen LogP) is 2.00. The normalized spacial score (nSPS) is 11.6. The quantitative estimate of drug-likeness (QED) is 0.627. The van der Waals surface area contributed by atoms with Gasteiger partial charge in [-0.25, -0.2) is 0 Å². The third-order valence-corrected chi connectivity index (χ3v) is 3.59. The molecule has 0 bridgehead atoms. The summed E-state index contributed by atoms with van der Waals surface area (Å²) < 4.78 is 10.2. The third-order valence-electron chi connectivity index (χ3n) is 3.59. The van der Waals surface area contributed by atoms with Crippen molar-refractivity contribution in [2.24, 2.45) is 0 Å². The Morgan fingerprint density at radius 2 is 2.04 bits per heavy atom. The first kappa shape index (κ1) is 21.2. The molecule has 0 saturated carbocycles. The zero-order valence-electron chi connectivity index (χ0n) is 14.3. The molecular formula is C18H25ClN2O4. The maximum atomic E-state index is 12.5. The summed E-state index contributed by atoms with van der Waals surface area (Å²) in [4.78, 5) is 14.1. The van der Waals surface area contributed by atoms with E-state index >= 15 is 0 Å². The second-order valence-corrected chi connectivity index (χ2v) is 5.46. The summed E-state index contributed by atoms with van der Waals surface area (Å²) in [6.45, 7) is 1.95. The van der Waals surface area contributed by atoms with Gasteiger partial charge in [-0.1, -0.05) is 30.3 Å². The number of halogens is 1. The van der Waals surface area contributed by atoms with Gasteiger partial charge in [-0.15, -0.1) is 12.4 Å². The van der Waals surface area contributed by atoms with E-state index in [4.69, 9.17) is 9.15 Å². The number of nitrogens with zero attached hydrogens (tertiary/aromatic N) is 1. The van der Waals surface area contributed by atoms with Crippen LogP contribution in [0.3, 0.4) is 0 Å². The minimum Gasteiger partial charge on any atom is -0.467 e. The number of amides is 1. The fourth-order valence-corrected chi connectivity index (χ4v) is 2.32. The Bertz CT molecular complexity index is 592. The van der Waals surface area contributed by atoms with Crippen molar-refractivity contribution in [3.05, 3.63) is 60.1 Å². The molecule has 0 aliphatic rings. The number of hydrogen-bond donors (Lipinski definition) is 2. The number of furan rings is 1. The summed E-state index contributed by atoms with van der Waals surface area (Å²) in [5.41, 5.74) is 1.01. The minimum atomic E-state index is -0.855. The summed E-state index contributed by atoms with van der Waals surface area (Å²) >= 11 is 0. The van der Waals surface area contributed by atoms with Crippen LogP contribution >= 0.6 is 12.4 Å². The number of benzene rings is 1. The summed E-state index contributed by atoms with van der Waals surface area (Å²) in [7, 11) is 1.62. The summed E-state index contributed by atoms with van der Waals surface area (Å²) in [6, 6.07) is 13.1. The van der Waals surface area contributed by atoms with Gasteiger partial charge in [-0.05, 0) is 17.7 Å². The Labute approximate surface area is 154 Å². The van der Waals surface area contributed by atoms with E-state index in [2.05, 4.69) is 5.32 Å². The SMILES string of the molecule is COCCNCC(=O)N(Cc1ccccc1)CC(O)c1ccco1.Cl. The first-order valence-corrected chi connectivity index (χ1v) is 7.93. The molecule has 0 spiro atoms. The van der Waals surface area contributed by atoms with E-state index in [1.54, 1.807) is 24.1 Å². The molecule has 0 radical (unpaired) electrons. The highest BCUT2D eigenvalue weighted by Gasteiger charge is 2.20. The van der Waals surface area contributed by atoms with E-state index in [1.807, 2.05) is 30.3 Å². The van der Waals surface area contributed by atoms with Gasteiger partial charge in [0.1, 0.15) is 11.9 Å². The topological polar surface area (TPSA) is 74.9 Å². The van der Waals surface area contributed by atoms with Crippen molar-refractivity contribution in [1.29, 1.82) is 0 Å². The molecule has 0 aliphatic carbocycles. The lowest BCUT2D eigenvalue weighted by molar-refractivity contribution is -0.132. The fraction of sp³-hybridized carbons (Fsp3) is 0.389. The Hall–Kier alpha value is -1.86. The van der Waals surface area contributed by atoms with E-state index < -0.39 is 6.10 Å². The van der Waals surface area contributed by atoms with E-state index in [0.717, 1.165) is 5.56 Å². The molecule has 2 aromatic rings. The number of rotatable bonds is 10. The number of carbonyl (C=O) groups excluding carboxylic acids is 1. The Kier molecular flexibility index (Phi) is 9.87. The molecule has 138 valence electrons. The van der Waals surface area contributed by atoms with E-state index in [1.165, 1.54) is 6.26 Å². The number of aliphatic hydroxyl groups is 1. The number of ether oxygens (including phenoxy) is 1. The van der Waals surface area contributed by atoms with Gasteiger partial charge in [0.05, 0.1) is 26.0 Å². The summed E-state index contributed by atoms with van der Waals surface area (Å²) in [5.74, 6) is 0.369. The summed E-state index contributed by atoms with van der Waals surface area (Å²) in [6.07, 6.45) is 0.653. The maximum absolute atomic E-state index is 12.5. The Morgan fingerprint density at radius 1 is 1.28 bits per heavy atom. The molecule has 1 atom stereocenters. The van der Waals surface area contributed by atoms with Gasteiger partial charge in [-0.3, -0.25) is 4.79 Å². The van der Waals surface area contributed by atoms with E-state index in [-0.39, 0.29) is 31.4 Å². The van der Waals surface area contributed by atoms with Crippen molar-refractivity contribution < 1.29 is 19.1 Å². The monoisotopic (exact) mass is 368 g/mol. The van der Waals surface area contributed by atoms with Gasteiger partial charge in [-0.2, -0.15) is 0 Å². The van der Waals surface area contributed by atoms with Gasteiger partial charge in [0.15, 0.2) is 0 Å². The second-order valence-electron chi connectivity index (χ2n) is 5.46. The number of carbonyl (C=O) groups is 1. The van der Waals surface area contributed by atoms with Gasteiger partial charge in [0.2, 0.25) is 5.91 Å². The third kappa shape index (κ3) is 7.27. The van der Waals surface area contributed by atoms with Gasteiger partial charge >= 0.3 is 0 Å². The lowest BCUT2D eigenvalue weighted by Gasteiger charge is -2.25. The van der Waals surface area contributed by atoms with Crippen LogP contribution in [0.1, 0.15) is 17.4 Å². The molecule has 1 unspecified atom stereocenters. The van der Waals surface area contributed by atoms with Gasteiger partial charge in [0.25, 0.3) is 0 Å². The fourth-order valence-electron chi connectivity index (χ4n) is 2.32. The molecular weight excluding hydrogens is 344 g/mol. The molecule has 2 rings (SSSR count). The van der Waals surface area contributed by atoms with Gasteiger partial charge in [0, 0.05) is 20.2 Å². The van der Waals surface area contributed by atoms with E-state index in [0.29, 0.717) is 25.5 Å². The Morgan fingerprint density at radius 3 is 2.68 bits per heavy atom. The molecule has 1 amide bonds. The second kappa shape index (κ2) is 11.7. The Balaban J connectivity index is 0.00000312. The zero-order valence-corrected chi connectivity index (χ0v) is 15.1. The first-order chi connectivity index (χ1) is 11.7. The number of nitrogens with one attached hydrogen (secondary N) is 1. The van der Waals surface area contributed by atoms with Crippen molar-refractivity contribution in [1.82, 2.24) is 10.2 Å². The molecule has 1 heterocycles. The van der Waals surface area contributed by atoms with Crippen LogP contribution in [0.4, 0.5) is 0 Å². The average molecular weight is 369 g/mol. The van der Waals surface area contributed by atoms with Crippen LogP contribution in [0.25, 0.3) is 0 Å². The minimum absolute atomic E-state index is 0. The van der Waals surface area contributed by atoms with Crippen LogP contribution in [0, 0.1) is 0 Å². The van der Waals surface area contributed by atoms with E-state index in [9.17, 15) is 9.90 Å². The van der Waals surface area contributed by atoms with Crippen molar-refractivity contribution in [2.45, 2.75) is 12.6 Å². The highest BCUT2D eigenvalue weighted by Crippen LogP contribution is 2.16. The van der Waals surface area contributed by atoms with Crippen LogP contribution < -0.4 is 5.32 Å². The lowest BCUT2D eigenvalue weighted by atomic mass is 10.2. The van der Waals surface area contributed by atoms with Crippen molar-refractivity contribution in [3.8, 4) is 0 Å². The molecule has 2 N–H and O–H groups in total. The molecule has 0 aliphatic heterocycles. The lowest BCUT2D eigenvalue weighted by Crippen LogP contribution is -2.40. The van der Waals surface area contributed by atoms with Crippen LogP contribution in [-0.4, -0.2) is 49.3 Å². The average Bonchev–Trinajstić information content (AvgIpc) is 3.13. The van der Waals surface area contributed by atoms with Crippen molar-refractivity contribution in [2.75, 3.05) is 33.4 Å². The largest absolute Gasteiger partial charge is 0.467 e. The highest BCUT2D eigenvalue weighted by atomic mass is 35.5. The van der Waals surface area contributed by atoms with Crippen LogP contribution in [0.2, 0.25) is 0 Å². The maximum Gasteiger partial charge on any atom is 0.236 e. The van der Waals surface area contributed by atoms with Crippen molar-refractivity contribution in [3.63, 3.8) is 0 Å². The molecule has 1 aromatic carbocycles. The number of aliphatic hydroxyl groups excluding tert-OH is 1. The smallest absolute Gasteiger partial charge is 0.236 e. The molecule has 25 heavy (non-hydrogen) atoms. The molecule has 1 aromatic heterocycles. The van der Waals surface area contributed by atoms with Crippen LogP contribution in [-0.2, 0) is 16.1 Å². The number of hydrogen-bond acceptors (Lipinski definition) is 5.